The molecular formula is C44H18Cl12N4O8S4. The van der Waals surface area contributed by atoms with Gasteiger partial charge in [-0.3, -0.25) is 0 Å². The molecule has 28 heteroatoms. The van der Waals surface area contributed by atoms with Gasteiger partial charge in [-0.2, -0.15) is 0 Å². The second-order valence-electron chi connectivity index (χ2n) is 15.2. The van der Waals surface area contributed by atoms with Gasteiger partial charge in [-0.1, -0.05) is 92.8 Å². The van der Waals surface area contributed by atoms with Gasteiger partial charge in [-0.15, -0.1) is 0 Å². The van der Waals surface area contributed by atoms with E-state index in [1.807, 2.05) is 0 Å². The van der Waals surface area contributed by atoms with Crippen LogP contribution in [-0.2, 0) is 36.2 Å². The molecule has 0 saturated heterocycles. The highest BCUT2D eigenvalue weighted by Gasteiger charge is 2.30. The molecule has 0 spiro atoms. The van der Waals surface area contributed by atoms with Gasteiger partial charge in [-0.05, 0) is 97.1 Å². The van der Waals surface area contributed by atoms with E-state index in [0.29, 0.717) is 0 Å². The summed E-state index contributed by atoms with van der Waals surface area (Å²) < 4.78 is 103. The van der Waals surface area contributed by atoms with Crippen LogP contribution in [0.1, 0.15) is 22.8 Å². The predicted molar refractivity (Wildman–Crippen MR) is 293 cm³/mol. The van der Waals surface area contributed by atoms with Crippen molar-refractivity contribution in [1.29, 1.82) is 0 Å². The third kappa shape index (κ3) is 9.67. The molecular weight excluding hydrogens is 1270 g/mol. The SMILES string of the molecule is O=S(=O)(Cl)c1ccc(Cl)c(-c2c3nc(c(-c4c(Cl)ccc(S(=O)(=O)Cl)c4Cl)c4ccc([nH]4)c(-c4c(Cl)ccc(S(=O)(=O)Cl)c4Cl)c4nc(c(-c5c(Cl)ccc(S(=O)(=O)Cl)c5Cl)c5ccc2[nH]5)C=C4)C=C3)c1Cl. The Balaban J connectivity index is 1.59. The van der Waals surface area contributed by atoms with Crippen molar-refractivity contribution in [3.05, 3.63) is 136 Å². The zero-order chi connectivity index (χ0) is 52.3. The number of hydrogen-bond donors (Lipinski definition) is 2. The second kappa shape index (κ2) is 19.4. The molecule has 0 radical (unpaired) electrons. The summed E-state index contributed by atoms with van der Waals surface area (Å²) in [4.78, 5) is 14.4. The van der Waals surface area contributed by atoms with Gasteiger partial charge in [-0.25, -0.2) is 43.6 Å². The first-order valence-corrected chi connectivity index (χ1v) is 31.7. The van der Waals surface area contributed by atoms with E-state index in [1.165, 1.54) is 72.8 Å². The largest absolute Gasteiger partial charge is 0.354 e. The summed E-state index contributed by atoms with van der Waals surface area (Å²) in [6, 6.07) is 15.5. The van der Waals surface area contributed by atoms with Crippen molar-refractivity contribution in [3.63, 3.8) is 0 Å². The summed E-state index contributed by atoms with van der Waals surface area (Å²) in [5, 5.41) is -2.01. The molecule has 4 aromatic carbocycles. The second-order valence-corrected chi connectivity index (χ2v) is 28.5. The van der Waals surface area contributed by atoms with E-state index in [0.717, 1.165) is 24.3 Å². The molecule has 2 N–H and O–H groups in total. The Kier molecular flexibility index (Phi) is 14.4. The van der Waals surface area contributed by atoms with Crippen LogP contribution in [0.2, 0.25) is 40.2 Å². The van der Waals surface area contributed by atoms with Crippen molar-refractivity contribution in [2.45, 2.75) is 19.6 Å². The number of aromatic amines is 2. The summed E-state index contributed by atoms with van der Waals surface area (Å²) in [7, 11) is 5.41. The van der Waals surface area contributed by atoms with Crippen molar-refractivity contribution in [3.8, 4) is 44.5 Å². The lowest BCUT2D eigenvalue weighted by atomic mass is 10.0. The van der Waals surface area contributed by atoms with E-state index >= 15 is 0 Å². The lowest BCUT2D eigenvalue weighted by Gasteiger charge is -2.13. The average Bonchev–Trinajstić information content (AvgIpc) is 4.11. The number of nitrogens with zero attached hydrogens (tertiary/aromatic N) is 2. The molecule has 7 aromatic rings. The average molecular weight is 1280 g/mol. The van der Waals surface area contributed by atoms with Gasteiger partial charge < -0.3 is 9.97 Å². The van der Waals surface area contributed by atoms with Crippen LogP contribution >= 0.6 is 136 Å². The Hall–Kier alpha value is -3.24. The lowest BCUT2D eigenvalue weighted by Crippen LogP contribution is -1.98. The molecule has 370 valence electrons. The fourth-order valence-electron chi connectivity index (χ4n) is 8.06. The number of fused-ring (bicyclic) bond motifs is 8. The Labute approximate surface area is 466 Å². The van der Waals surface area contributed by atoms with Crippen LogP contribution in [0.4, 0.5) is 0 Å². The monoisotopic (exact) mass is 1280 g/mol. The highest BCUT2D eigenvalue weighted by Crippen LogP contribution is 2.50. The highest BCUT2D eigenvalue weighted by atomic mass is 35.7. The number of H-pyrrole nitrogens is 2. The first-order valence-electron chi connectivity index (χ1n) is 19.5. The molecule has 8 bridgehead atoms. The zero-order valence-electron chi connectivity index (χ0n) is 34.6. The van der Waals surface area contributed by atoms with Gasteiger partial charge in [0.15, 0.2) is 0 Å². The standard InChI is InChI=1S/C44H18Cl12N4O8S4/c45-17-1-13-29(69(53,61)62)41(49)33(17)37-21-5-7-23(57-21)38(34-18(46)2-14-30(42(34)50)70(54,63)64)25-9-11-27(59-25)40(36-20(48)4-16-32(44(36)52)72(56,67)68)28-12-10-26(60-28)39(24-8-6-22(37)58-24)35-19(47)3-15-31(43(35)51)71(55,65)66/h1-16,57,60H. The third-order valence-electron chi connectivity index (χ3n) is 11.0. The Morgan fingerprint density at radius 3 is 0.667 bits per heavy atom. The molecule has 0 fully saturated rings. The van der Waals surface area contributed by atoms with Crippen LogP contribution in [0.5, 0.6) is 0 Å². The molecule has 3 aromatic heterocycles. The molecule has 5 heterocycles. The number of benzene rings is 4. The molecule has 0 amide bonds. The fraction of sp³-hybridized carbons (Fsp3) is 0. The smallest absolute Gasteiger partial charge is 0.262 e. The molecule has 0 saturated carbocycles. The van der Waals surface area contributed by atoms with Gasteiger partial charge in [0, 0.05) is 109 Å². The maximum absolute atomic E-state index is 12.9. The number of halogens is 12. The summed E-state index contributed by atoms with van der Waals surface area (Å²) in [6.07, 6.45) is 5.99. The molecule has 2 aliphatic rings. The van der Waals surface area contributed by atoms with Crippen molar-refractivity contribution in [2.24, 2.45) is 0 Å². The van der Waals surface area contributed by atoms with Crippen LogP contribution in [0, 0.1) is 0 Å². The molecule has 9 rings (SSSR count). The Bertz CT molecular complexity index is 3790. The fourth-order valence-corrected chi connectivity index (χ4v) is 15.7. The van der Waals surface area contributed by atoms with Crippen molar-refractivity contribution in [2.75, 3.05) is 0 Å². The number of rotatable bonds is 8. The Morgan fingerprint density at radius 2 is 0.486 bits per heavy atom. The summed E-state index contributed by atoms with van der Waals surface area (Å²) in [5.41, 5.74) is 0.541. The van der Waals surface area contributed by atoms with Gasteiger partial charge >= 0.3 is 0 Å². The zero-order valence-corrected chi connectivity index (χ0v) is 46.9. The first kappa shape index (κ1) is 53.6. The third-order valence-corrected chi connectivity index (χ3v) is 19.8. The number of hydrogen-bond acceptors (Lipinski definition) is 10. The minimum Gasteiger partial charge on any atom is -0.354 e. The number of nitrogens with one attached hydrogen (secondary N) is 2. The van der Waals surface area contributed by atoms with Crippen LogP contribution in [0.25, 0.3) is 90.9 Å². The molecule has 2 aliphatic heterocycles. The maximum Gasteiger partial charge on any atom is 0.262 e. The van der Waals surface area contributed by atoms with Crippen LogP contribution in [0.15, 0.2) is 92.4 Å². The van der Waals surface area contributed by atoms with E-state index in [1.54, 1.807) is 0 Å². The summed E-state index contributed by atoms with van der Waals surface area (Å²) in [5.74, 6) is 0. The molecule has 0 atom stereocenters. The van der Waals surface area contributed by atoms with E-state index in [2.05, 4.69) is 9.97 Å². The van der Waals surface area contributed by atoms with Crippen LogP contribution in [-0.4, -0.2) is 53.6 Å². The van der Waals surface area contributed by atoms with Gasteiger partial charge in [0.2, 0.25) is 0 Å². The van der Waals surface area contributed by atoms with Crippen molar-refractivity contribution in [1.82, 2.24) is 19.9 Å². The number of aromatic nitrogens is 4. The minimum absolute atomic E-state index is 0.0440. The molecule has 0 aliphatic carbocycles. The van der Waals surface area contributed by atoms with E-state index in [9.17, 15) is 33.7 Å². The minimum atomic E-state index is -4.52. The van der Waals surface area contributed by atoms with Crippen LogP contribution in [0.3, 0.4) is 0 Å². The lowest BCUT2D eigenvalue weighted by molar-refractivity contribution is 0.608. The van der Waals surface area contributed by atoms with Gasteiger partial charge in [0.05, 0.1) is 63.0 Å². The Morgan fingerprint density at radius 1 is 0.292 bits per heavy atom. The predicted octanol–water partition coefficient (Wildman–Crippen LogP) is 16.3. The topological polar surface area (TPSA) is 194 Å². The molecule has 12 nitrogen and oxygen atoms in total. The van der Waals surface area contributed by atoms with Gasteiger partial charge in [0.25, 0.3) is 36.2 Å². The first-order chi connectivity index (χ1) is 33.6. The maximum atomic E-state index is 12.9. The van der Waals surface area contributed by atoms with E-state index in [4.69, 9.17) is 146 Å². The molecule has 0 unspecified atom stereocenters. The van der Waals surface area contributed by atoms with Gasteiger partial charge in [0.1, 0.15) is 19.6 Å². The summed E-state index contributed by atoms with van der Waals surface area (Å²) in [6.45, 7) is 0. The van der Waals surface area contributed by atoms with E-state index < -0.39 is 75.9 Å². The summed E-state index contributed by atoms with van der Waals surface area (Å²) >= 11 is 55.3. The highest BCUT2D eigenvalue weighted by molar-refractivity contribution is 8.14. The van der Waals surface area contributed by atoms with Crippen molar-refractivity contribution >= 4 is 218 Å². The van der Waals surface area contributed by atoms with E-state index in [-0.39, 0.29) is 109 Å². The van der Waals surface area contributed by atoms with Crippen LogP contribution < -0.4 is 0 Å². The quantitative estimate of drug-likeness (QED) is 0.138. The normalized spacial score (nSPS) is 13.1. The van der Waals surface area contributed by atoms with Crippen molar-refractivity contribution < 1.29 is 33.7 Å². The molecule has 72 heavy (non-hydrogen) atoms.